The number of ether oxygens (including phenoxy) is 1. The van der Waals surface area contributed by atoms with Gasteiger partial charge in [0.25, 0.3) is 0 Å². The van der Waals surface area contributed by atoms with Gasteiger partial charge in [0.2, 0.25) is 0 Å². The smallest absolute Gasteiger partial charge is 0.350 e. The van der Waals surface area contributed by atoms with Crippen LogP contribution in [0.15, 0.2) is 16.9 Å². The molecular formula is C12H13FN4O2S. The van der Waals surface area contributed by atoms with Gasteiger partial charge in [-0.2, -0.15) is 9.78 Å². The number of rotatable bonds is 3. The number of aryl methyl sites for hydroxylation is 1. The van der Waals surface area contributed by atoms with Gasteiger partial charge in [-0.1, -0.05) is 12.2 Å². The first-order valence-corrected chi connectivity index (χ1v) is 6.08. The predicted molar refractivity (Wildman–Crippen MR) is 75.9 cm³/mol. The minimum absolute atomic E-state index is 0.0110. The Labute approximate surface area is 119 Å². The molecule has 0 unspecified atom stereocenters. The van der Waals surface area contributed by atoms with Crippen molar-refractivity contribution < 1.29 is 9.13 Å². The molecule has 1 heterocycles. The molecule has 2 N–H and O–H groups in total. The van der Waals surface area contributed by atoms with E-state index in [4.69, 9.17) is 22.7 Å². The Kier molecular flexibility index (Phi) is 3.58. The van der Waals surface area contributed by atoms with E-state index in [0.29, 0.717) is 5.82 Å². The molecule has 8 heteroatoms. The maximum atomic E-state index is 14.2. The molecule has 0 radical (unpaired) electrons. The van der Waals surface area contributed by atoms with Crippen LogP contribution in [0, 0.1) is 12.7 Å². The van der Waals surface area contributed by atoms with E-state index in [-0.39, 0.29) is 22.0 Å². The number of hydrogen-bond donors (Lipinski definition) is 1. The molecule has 0 aliphatic carbocycles. The predicted octanol–water partition coefficient (Wildman–Crippen LogP) is 0.661. The van der Waals surface area contributed by atoms with Gasteiger partial charge in [-0.05, 0) is 13.0 Å². The first-order chi connectivity index (χ1) is 9.36. The summed E-state index contributed by atoms with van der Waals surface area (Å²) in [5, 5.41) is 4.00. The first-order valence-electron chi connectivity index (χ1n) is 5.67. The highest BCUT2D eigenvalue weighted by atomic mass is 32.1. The van der Waals surface area contributed by atoms with Crippen molar-refractivity contribution in [2.75, 3.05) is 7.11 Å². The van der Waals surface area contributed by atoms with E-state index in [0.717, 1.165) is 10.7 Å². The van der Waals surface area contributed by atoms with E-state index in [9.17, 15) is 9.18 Å². The third-order valence-electron chi connectivity index (χ3n) is 2.96. The summed E-state index contributed by atoms with van der Waals surface area (Å²) >= 11 is 4.83. The Hall–Kier alpha value is -2.22. The Morgan fingerprint density at radius 1 is 1.50 bits per heavy atom. The number of methoxy groups -OCH3 is 1. The number of aromatic nitrogens is 3. The third-order valence-corrected chi connectivity index (χ3v) is 3.18. The molecule has 2 aromatic rings. The Morgan fingerprint density at radius 2 is 2.15 bits per heavy atom. The molecule has 0 aliphatic heterocycles. The minimum Gasteiger partial charge on any atom is -0.496 e. The molecule has 0 aliphatic rings. The zero-order chi connectivity index (χ0) is 15.0. The zero-order valence-electron chi connectivity index (χ0n) is 11.2. The average molecular weight is 296 g/mol. The third kappa shape index (κ3) is 2.18. The summed E-state index contributed by atoms with van der Waals surface area (Å²) in [6, 6.07) is 2.48. The summed E-state index contributed by atoms with van der Waals surface area (Å²) < 4.78 is 21.6. The van der Waals surface area contributed by atoms with Gasteiger partial charge in [0, 0.05) is 13.1 Å². The summed E-state index contributed by atoms with van der Waals surface area (Å²) in [6.07, 6.45) is 0. The lowest BCUT2D eigenvalue weighted by molar-refractivity contribution is 0.412. The standard InChI is InChI=1S/C12H13FN4O2S/c1-6-15-17(12(18)16(6)2)9-5-10(19-3)7(11(14)20)4-8(9)13/h4-5H,1-3H3,(H2,14,20). The van der Waals surface area contributed by atoms with E-state index in [2.05, 4.69) is 5.10 Å². The lowest BCUT2D eigenvalue weighted by atomic mass is 10.1. The molecule has 0 fully saturated rings. The van der Waals surface area contributed by atoms with Gasteiger partial charge in [0.1, 0.15) is 28.1 Å². The Bertz CT molecular complexity index is 751. The van der Waals surface area contributed by atoms with Crippen LogP contribution in [0.4, 0.5) is 4.39 Å². The van der Waals surface area contributed by atoms with Gasteiger partial charge in [-0.3, -0.25) is 4.57 Å². The Morgan fingerprint density at radius 3 is 2.60 bits per heavy atom. The number of nitrogens with zero attached hydrogens (tertiary/aromatic N) is 3. The molecule has 0 amide bonds. The van der Waals surface area contributed by atoms with Gasteiger partial charge in [0.15, 0.2) is 0 Å². The highest BCUT2D eigenvalue weighted by molar-refractivity contribution is 7.80. The molecule has 0 bridgehead atoms. The molecule has 1 aromatic carbocycles. The maximum absolute atomic E-state index is 14.2. The lowest BCUT2D eigenvalue weighted by Crippen LogP contribution is -2.23. The second-order valence-electron chi connectivity index (χ2n) is 4.17. The summed E-state index contributed by atoms with van der Waals surface area (Å²) in [6.45, 7) is 1.65. The van der Waals surface area contributed by atoms with Crippen molar-refractivity contribution in [3.05, 3.63) is 39.8 Å². The van der Waals surface area contributed by atoms with Crippen LogP contribution in [0.25, 0.3) is 5.69 Å². The molecule has 2 rings (SSSR count). The summed E-state index contributed by atoms with van der Waals surface area (Å²) in [5.41, 5.74) is 5.30. The van der Waals surface area contributed by atoms with Crippen molar-refractivity contribution in [2.45, 2.75) is 6.92 Å². The van der Waals surface area contributed by atoms with Gasteiger partial charge in [-0.25, -0.2) is 9.18 Å². The highest BCUT2D eigenvalue weighted by Gasteiger charge is 2.17. The quantitative estimate of drug-likeness (QED) is 0.842. The molecule has 0 spiro atoms. The average Bonchev–Trinajstić information content (AvgIpc) is 2.66. The summed E-state index contributed by atoms with van der Waals surface area (Å²) in [7, 11) is 2.96. The number of hydrogen-bond acceptors (Lipinski definition) is 4. The van der Waals surface area contributed by atoms with Gasteiger partial charge < -0.3 is 10.5 Å². The van der Waals surface area contributed by atoms with E-state index in [1.807, 2.05) is 0 Å². The topological polar surface area (TPSA) is 75.1 Å². The van der Waals surface area contributed by atoms with E-state index in [1.54, 1.807) is 14.0 Å². The van der Waals surface area contributed by atoms with Crippen LogP contribution in [0.2, 0.25) is 0 Å². The zero-order valence-corrected chi connectivity index (χ0v) is 12.0. The number of halogens is 1. The normalized spacial score (nSPS) is 10.6. The van der Waals surface area contributed by atoms with Crippen LogP contribution >= 0.6 is 12.2 Å². The summed E-state index contributed by atoms with van der Waals surface area (Å²) in [4.78, 5) is 12.0. The Balaban J connectivity index is 2.72. The van der Waals surface area contributed by atoms with Gasteiger partial charge in [-0.15, -0.1) is 0 Å². The van der Waals surface area contributed by atoms with Crippen LogP contribution in [0.3, 0.4) is 0 Å². The second-order valence-corrected chi connectivity index (χ2v) is 4.61. The van der Waals surface area contributed by atoms with Crippen molar-refractivity contribution in [3.8, 4) is 11.4 Å². The second kappa shape index (κ2) is 5.04. The first kappa shape index (κ1) is 14.2. The highest BCUT2D eigenvalue weighted by Crippen LogP contribution is 2.24. The number of nitrogens with two attached hydrogens (primary N) is 1. The fourth-order valence-corrected chi connectivity index (χ4v) is 1.92. The largest absolute Gasteiger partial charge is 0.496 e. The molecule has 6 nitrogen and oxygen atoms in total. The number of thiocarbonyl (C=S) groups is 1. The lowest BCUT2D eigenvalue weighted by Gasteiger charge is -2.10. The van der Waals surface area contributed by atoms with Gasteiger partial charge >= 0.3 is 5.69 Å². The molecular weight excluding hydrogens is 283 g/mol. The maximum Gasteiger partial charge on any atom is 0.350 e. The van der Waals surface area contributed by atoms with Crippen molar-refractivity contribution in [1.82, 2.24) is 14.3 Å². The summed E-state index contributed by atoms with van der Waals surface area (Å²) in [5.74, 6) is 0.0877. The van der Waals surface area contributed by atoms with Gasteiger partial charge in [0.05, 0.1) is 12.7 Å². The molecule has 1 aromatic heterocycles. The molecule has 0 atom stereocenters. The van der Waals surface area contributed by atoms with E-state index in [1.165, 1.54) is 17.7 Å². The minimum atomic E-state index is -0.659. The molecule has 0 saturated carbocycles. The van der Waals surface area contributed by atoms with E-state index < -0.39 is 11.5 Å². The van der Waals surface area contributed by atoms with Crippen molar-refractivity contribution in [3.63, 3.8) is 0 Å². The fraction of sp³-hybridized carbons (Fsp3) is 0.250. The molecule has 0 saturated heterocycles. The van der Waals surface area contributed by atoms with Crippen molar-refractivity contribution in [2.24, 2.45) is 12.8 Å². The monoisotopic (exact) mass is 296 g/mol. The van der Waals surface area contributed by atoms with Crippen molar-refractivity contribution >= 4 is 17.2 Å². The SMILES string of the molecule is COc1cc(-n2nc(C)n(C)c2=O)c(F)cc1C(N)=S. The van der Waals surface area contributed by atoms with E-state index >= 15 is 0 Å². The van der Waals surface area contributed by atoms with Crippen LogP contribution in [-0.2, 0) is 7.05 Å². The van der Waals surface area contributed by atoms with Crippen molar-refractivity contribution in [1.29, 1.82) is 0 Å². The van der Waals surface area contributed by atoms with Crippen LogP contribution in [0.5, 0.6) is 5.75 Å². The molecule has 106 valence electrons. The number of benzene rings is 1. The van der Waals surface area contributed by atoms with Crippen LogP contribution in [-0.4, -0.2) is 26.4 Å². The fourth-order valence-electron chi connectivity index (χ4n) is 1.76. The molecule has 20 heavy (non-hydrogen) atoms. The van der Waals surface area contributed by atoms with Crippen LogP contribution in [0.1, 0.15) is 11.4 Å². The van der Waals surface area contributed by atoms with Crippen LogP contribution < -0.4 is 16.2 Å².